The number of rotatable bonds is 3. The Bertz CT molecular complexity index is 853. The quantitative estimate of drug-likeness (QED) is 0.568. The number of aliphatic hydroxyl groups excluding tert-OH is 1. The van der Waals surface area contributed by atoms with E-state index in [1.807, 2.05) is 0 Å². The second-order valence-electron chi connectivity index (χ2n) is 11.4. The predicted molar refractivity (Wildman–Crippen MR) is 114 cm³/mol. The average molecular weight is 449 g/mol. The molecule has 0 saturated heterocycles. The second kappa shape index (κ2) is 7.28. The molecule has 0 amide bonds. The van der Waals surface area contributed by atoms with Crippen LogP contribution >= 0.6 is 0 Å². The third kappa shape index (κ3) is 2.90. The summed E-state index contributed by atoms with van der Waals surface area (Å²) in [6.07, 6.45) is 6.75. The van der Waals surface area contributed by atoms with Crippen LogP contribution in [0, 0.1) is 28.6 Å². The molecule has 8 atom stereocenters. The third-order valence-corrected chi connectivity index (χ3v) is 10.3. The van der Waals surface area contributed by atoms with Gasteiger partial charge in [-0.25, -0.2) is 4.79 Å². The van der Waals surface area contributed by atoms with E-state index in [-0.39, 0.29) is 41.7 Å². The summed E-state index contributed by atoms with van der Waals surface area (Å²) in [7, 11) is 0. The van der Waals surface area contributed by atoms with Gasteiger partial charge >= 0.3 is 11.9 Å². The summed E-state index contributed by atoms with van der Waals surface area (Å²) in [5, 5.41) is 34.5. The van der Waals surface area contributed by atoms with Gasteiger partial charge in [0.05, 0.1) is 23.9 Å². The number of hydrogen-bond acceptors (Lipinski definition) is 7. The minimum atomic E-state index is -1.10. The Hall–Kier alpha value is -1.44. The fourth-order valence-corrected chi connectivity index (χ4v) is 8.72. The molecular weight excluding hydrogens is 412 g/mol. The Morgan fingerprint density at radius 3 is 2.56 bits per heavy atom. The number of fused-ring (bicyclic) bond motifs is 5. The van der Waals surface area contributed by atoms with Crippen LogP contribution in [0.15, 0.2) is 11.6 Å². The summed E-state index contributed by atoms with van der Waals surface area (Å²) < 4.78 is 10.7. The van der Waals surface area contributed by atoms with Crippen LogP contribution in [0.1, 0.15) is 71.6 Å². The van der Waals surface area contributed by atoms with Crippen molar-refractivity contribution >= 4 is 11.9 Å². The van der Waals surface area contributed by atoms with Crippen LogP contribution in [0.5, 0.6) is 0 Å². The van der Waals surface area contributed by atoms with E-state index in [4.69, 9.17) is 9.47 Å². The molecule has 5 aliphatic rings. The first-order valence-electron chi connectivity index (χ1n) is 12.2. The number of cyclic esters (lactones) is 1. The van der Waals surface area contributed by atoms with Crippen LogP contribution in [0.25, 0.3) is 0 Å². The van der Waals surface area contributed by atoms with E-state index in [0.29, 0.717) is 45.1 Å². The molecule has 0 aromatic heterocycles. The van der Waals surface area contributed by atoms with Gasteiger partial charge in [-0.3, -0.25) is 4.79 Å². The average Bonchev–Trinajstić information content (AvgIpc) is 3.26. The van der Waals surface area contributed by atoms with Gasteiger partial charge in [0.25, 0.3) is 0 Å². The highest BCUT2D eigenvalue weighted by Gasteiger charge is 2.71. The minimum absolute atomic E-state index is 0.0142. The Kier molecular flexibility index (Phi) is 5.08. The topological polar surface area (TPSA) is 113 Å². The molecule has 4 saturated carbocycles. The highest BCUT2D eigenvalue weighted by atomic mass is 16.5. The van der Waals surface area contributed by atoms with Crippen LogP contribution in [0.3, 0.4) is 0 Å². The summed E-state index contributed by atoms with van der Waals surface area (Å²) in [4.78, 5) is 23.5. The van der Waals surface area contributed by atoms with Crippen molar-refractivity contribution in [3.8, 4) is 0 Å². The molecule has 5 rings (SSSR count). The zero-order valence-electron chi connectivity index (χ0n) is 19.1. The fourth-order valence-electron chi connectivity index (χ4n) is 8.72. The highest BCUT2D eigenvalue weighted by molar-refractivity contribution is 5.85. The molecule has 0 radical (unpaired) electrons. The van der Waals surface area contributed by atoms with Crippen LogP contribution in [-0.4, -0.2) is 57.8 Å². The summed E-state index contributed by atoms with van der Waals surface area (Å²) in [6.45, 7) is 4.00. The largest absolute Gasteiger partial charge is 0.465 e. The second-order valence-corrected chi connectivity index (χ2v) is 11.4. The SMILES string of the molecule is CC(=O)OC[C@]12CC[C@H](O)C[C@@]1(O)CC[C@@H]1[C@@H]2CC[C@]2(C)[C@@H](C3=CC(=O)OC3)CC[C@]12O. The molecule has 0 aromatic rings. The van der Waals surface area contributed by atoms with Crippen molar-refractivity contribution < 1.29 is 34.4 Å². The van der Waals surface area contributed by atoms with Crippen molar-refractivity contribution in [2.45, 2.75) is 88.9 Å². The van der Waals surface area contributed by atoms with E-state index in [1.54, 1.807) is 6.08 Å². The minimum Gasteiger partial charge on any atom is -0.465 e. The molecule has 32 heavy (non-hydrogen) atoms. The van der Waals surface area contributed by atoms with Gasteiger partial charge in [-0.05, 0) is 74.7 Å². The van der Waals surface area contributed by atoms with Gasteiger partial charge in [0.1, 0.15) is 6.61 Å². The lowest BCUT2D eigenvalue weighted by atomic mass is 9.41. The molecule has 0 bridgehead atoms. The standard InChI is InChI=1S/C25H36O7/c1-15(26)32-14-23-8-3-17(27)12-24(23,29)9-5-20-19(23)4-7-22(2)18(6-10-25(20,22)30)16-11-21(28)31-13-16/h11,17-20,27,29-30H,3-10,12-14H2,1-2H3/t17-,18+,19-,20+,22+,23-,24-,25-/m0/s1. The van der Waals surface area contributed by atoms with Gasteiger partial charge in [-0.15, -0.1) is 0 Å². The molecule has 4 fully saturated rings. The van der Waals surface area contributed by atoms with Crippen LogP contribution in [-0.2, 0) is 19.1 Å². The zero-order chi connectivity index (χ0) is 22.9. The molecule has 1 heterocycles. The maximum absolute atomic E-state index is 12.3. The highest BCUT2D eigenvalue weighted by Crippen LogP contribution is 2.70. The van der Waals surface area contributed by atoms with Crippen LogP contribution in [0.2, 0.25) is 0 Å². The first-order valence-corrected chi connectivity index (χ1v) is 12.2. The van der Waals surface area contributed by atoms with E-state index in [1.165, 1.54) is 6.92 Å². The van der Waals surface area contributed by atoms with Gasteiger partial charge in [0.2, 0.25) is 0 Å². The maximum Gasteiger partial charge on any atom is 0.331 e. The van der Waals surface area contributed by atoms with Crippen molar-refractivity contribution in [2.24, 2.45) is 28.6 Å². The van der Waals surface area contributed by atoms with Gasteiger partial charge < -0.3 is 24.8 Å². The Balaban J connectivity index is 1.51. The number of hydrogen-bond donors (Lipinski definition) is 3. The molecule has 7 nitrogen and oxygen atoms in total. The number of carbonyl (C=O) groups is 2. The summed E-state index contributed by atoms with van der Waals surface area (Å²) >= 11 is 0. The molecule has 0 aromatic carbocycles. The van der Waals surface area contributed by atoms with Gasteiger partial charge in [0, 0.05) is 30.3 Å². The van der Waals surface area contributed by atoms with Crippen molar-refractivity contribution in [2.75, 3.05) is 13.2 Å². The lowest BCUT2D eigenvalue weighted by Crippen LogP contribution is -2.69. The number of esters is 2. The molecule has 1 aliphatic heterocycles. The first-order chi connectivity index (χ1) is 15.0. The Morgan fingerprint density at radius 1 is 1.12 bits per heavy atom. The summed E-state index contributed by atoms with van der Waals surface area (Å²) in [6, 6.07) is 0. The zero-order valence-corrected chi connectivity index (χ0v) is 19.1. The summed E-state index contributed by atoms with van der Waals surface area (Å²) in [5.74, 6) is -0.556. The van der Waals surface area contributed by atoms with Gasteiger partial charge in [-0.1, -0.05) is 6.92 Å². The van der Waals surface area contributed by atoms with Crippen molar-refractivity contribution in [3.63, 3.8) is 0 Å². The lowest BCUT2D eigenvalue weighted by Gasteiger charge is -2.66. The van der Waals surface area contributed by atoms with Crippen molar-refractivity contribution in [1.82, 2.24) is 0 Å². The molecule has 7 heteroatoms. The molecule has 3 N–H and O–H groups in total. The number of aliphatic hydroxyl groups is 3. The smallest absolute Gasteiger partial charge is 0.331 e. The fraction of sp³-hybridized carbons (Fsp3) is 0.840. The third-order valence-electron chi connectivity index (χ3n) is 10.3. The molecular formula is C25H36O7. The Morgan fingerprint density at radius 2 is 1.88 bits per heavy atom. The molecule has 0 unspecified atom stereocenters. The van der Waals surface area contributed by atoms with E-state index in [2.05, 4.69) is 6.92 Å². The van der Waals surface area contributed by atoms with E-state index in [0.717, 1.165) is 24.8 Å². The van der Waals surface area contributed by atoms with E-state index >= 15 is 0 Å². The molecule has 178 valence electrons. The van der Waals surface area contributed by atoms with Crippen molar-refractivity contribution in [1.29, 1.82) is 0 Å². The monoisotopic (exact) mass is 448 g/mol. The summed E-state index contributed by atoms with van der Waals surface area (Å²) in [5.41, 5.74) is -2.03. The predicted octanol–water partition coefficient (Wildman–Crippen LogP) is 2.26. The maximum atomic E-state index is 12.3. The van der Waals surface area contributed by atoms with Gasteiger partial charge in [0.15, 0.2) is 0 Å². The number of carbonyl (C=O) groups excluding carboxylic acids is 2. The molecule has 4 aliphatic carbocycles. The Labute approximate surface area is 189 Å². The van der Waals surface area contributed by atoms with Gasteiger partial charge in [-0.2, -0.15) is 0 Å². The van der Waals surface area contributed by atoms with Crippen molar-refractivity contribution in [3.05, 3.63) is 11.6 Å². The van der Waals surface area contributed by atoms with Crippen LogP contribution in [0.4, 0.5) is 0 Å². The first kappa shape index (κ1) is 22.4. The lowest BCUT2D eigenvalue weighted by molar-refractivity contribution is -0.270. The van der Waals surface area contributed by atoms with Crippen LogP contribution < -0.4 is 0 Å². The number of ether oxygens (including phenoxy) is 2. The van der Waals surface area contributed by atoms with E-state index in [9.17, 15) is 24.9 Å². The van der Waals surface area contributed by atoms with E-state index < -0.39 is 22.7 Å². The normalized spacial score (nSPS) is 50.0. The molecule has 0 spiro atoms.